The maximum atomic E-state index is 12.3. The van der Waals surface area contributed by atoms with Crippen molar-refractivity contribution in [3.05, 3.63) is 17.7 Å². The van der Waals surface area contributed by atoms with Gasteiger partial charge in [-0.25, -0.2) is 0 Å². The summed E-state index contributed by atoms with van der Waals surface area (Å²) in [6.45, 7) is 3.22. The van der Waals surface area contributed by atoms with Crippen molar-refractivity contribution in [3.8, 4) is 17.2 Å². The van der Waals surface area contributed by atoms with Crippen LogP contribution in [0.2, 0.25) is 0 Å². The lowest BCUT2D eigenvalue weighted by Crippen LogP contribution is -2.22. The van der Waals surface area contributed by atoms with Gasteiger partial charge in [0.25, 0.3) is 0 Å². The molecule has 108 valence electrons. The van der Waals surface area contributed by atoms with Crippen LogP contribution in [0.15, 0.2) is 12.1 Å². The molecule has 1 saturated heterocycles. The van der Waals surface area contributed by atoms with E-state index < -0.39 is 0 Å². The summed E-state index contributed by atoms with van der Waals surface area (Å²) in [4.78, 5) is 14.6. The van der Waals surface area contributed by atoms with Crippen molar-refractivity contribution >= 4 is 5.78 Å². The summed E-state index contributed by atoms with van der Waals surface area (Å²) in [5, 5.41) is 0. The Labute approximate surface area is 118 Å². The van der Waals surface area contributed by atoms with Gasteiger partial charge in [0.1, 0.15) is 0 Å². The predicted octanol–water partition coefficient (Wildman–Crippen LogP) is 2.09. The standard InChI is InChI=1S/C15H19NO4/c1-18-13-8-11(9-14-15(13)20-10-19-14)12(17)4-7-16-5-2-3-6-16/h8-9H,2-7,10H2,1H3. The van der Waals surface area contributed by atoms with E-state index in [1.54, 1.807) is 19.2 Å². The number of nitrogens with zero attached hydrogens (tertiary/aromatic N) is 1. The lowest BCUT2D eigenvalue weighted by Gasteiger charge is -2.14. The van der Waals surface area contributed by atoms with Crippen LogP contribution in [-0.2, 0) is 0 Å². The van der Waals surface area contributed by atoms with Gasteiger partial charge >= 0.3 is 0 Å². The van der Waals surface area contributed by atoms with Crippen molar-refractivity contribution < 1.29 is 19.0 Å². The molecule has 0 bridgehead atoms. The van der Waals surface area contributed by atoms with Crippen LogP contribution in [0.4, 0.5) is 0 Å². The molecule has 0 spiro atoms. The summed E-state index contributed by atoms with van der Waals surface area (Å²) in [5.41, 5.74) is 0.630. The number of ketones is 1. The molecule has 0 N–H and O–H groups in total. The van der Waals surface area contributed by atoms with Crippen molar-refractivity contribution in [2.24, 2.45) is 0 Å². The zero-order valence-electron chi connectivity index (χ0n) is 11.7. The van der Waals surface area contributed by atoms with E-state index in [-0.39, 0.29) is 12.6 Å². The number of carbonyl (C=O) groups is 1. The van der Waals surface area contributed by atoms with E-state index in [2.05, 4.69) is 4.90 Å². The summed E-state index contributed by atoms with van der Waals surface area (Å²) in [5.74, 6) is 1.86. The van der Waals surface area contributed by atoms with Crippen LogP contribution in [0.3, 0.4) is 0 Å². The SMILES string of the molecule is COc1cc(C(=O)CCN2CCCC2)cc2c1OCO2. The Bertz CT molecular complexity index is 509. The summed E-state index contributed by atoms with van der Waals surface area (Å²) in [6.07, 6.45) is 3.01. The van der Waals surface area contributed by atoms with Gasteiger partial charge in [-0.2, -0.15) is 0 Å². The molecule has 20 heavy (non-hydrogen) atoms. The van der Waals surface area contributed by atoms with Crippen LogP contribution in [0, 0.1) is 0 Å². The van der Waals surface area contributed by atoms with Crippen LogP contribution in [0.25, 0.3) is 0 Å². The number of methoxy groups -OCH3 is 1. The second kappa shape index (κ2) is 5.71. The number of rotatable bonds is 5. The molecule has 1 aromatic rings. The largest absolute Gasteiger partial charge is 0.493 e. The van der Waals surface area contributed by atoms with Crippen molar-refractivity contribution in [1.82, 2.24) is 4.90 Å². The normalized spacial score (nSPS) is 17.4. The van der Waals surface area contributed by atoms with Gasteiger partial charge in [0.05, 0.1) is 7.11 Å². The van der Waals surface area contributed by atoms with Gasteiger partial charge in [0, 0.05) is 18.5 Å². The van der Waals surface area contributed by atoms with Gasteiger partial charge in [0.15, 0.2) is 17.3 Å². The first-order valence-corrected chi connectivity index (χ1v) is 7.01. The first-order valence-electron chi connectivity index (χ1n) is 7.01. The second-order valence-corrected chi connectivity index (χ2v) is 5.13. The minimum Gasteiger partial charge on any atom is -0.493 e. The number of carbonyl (C=O) groups excluding carboxylic acids is 1. The summed E-state index contributed by atoms with van der Waals surface area (Å²) < 4.78 is 15.9. The molecule has 5 nitrogen and oxygen atoms in total. The minimum atomic E-state index is 0.119. The molecular formula is C15H19NO4. The highest BCUT2D eigenvalue weighted by molar-refractivity contribution is 5.97. The monoisotopic (exact) mass is 277 g/mol. The fraction of sp³-hybridized carbons (Fsp3) is 0.533. The molecule has 2 aliphatic heterocycles. The average Bonchev–Trinajstić information content (AvgIpc) is 3.14. The van der Waals surface area contributed by atoms with Crippen LogP contribution in [-0.4, -0.2) is 44.2 Å². The molecule has 0 aromatic heterocycles. The van der Waals surface area contributed by atoms with E-state index in [0.717, 1.165) is 19.6 Å². The zero-order valence-corrected chi connectivity index (χ0v) is 11.7. The number of fused-ring (bicyclic) bond motifs is 1. The Hall–Kier alpha value is -1.75. The van der Waals surface area contributed by atoms with Gasteiger partial charge in [-0.15, -0.1) is 0 Å². The van der Waals surface area contributed by atoms with Gasteiger partial charge in [0.2, 0.25) is 12.5 Å². The maximum Gasteiger partial charge on any atom is 0.231 e. The molecule has 0 unspecified atom stereocenters. The van der Waals surface area contributed by atoms with Crippen molar-refractivity contribution in [2.75, 3.05) is 33.5 Å². The van der Waals surface area contributed by atoms with Gasteiger partial charge < -0.3 is 19.1 Å². The topological polar surface area (TPSA) is 48.0 Å². The number of hydrogen-bond donors (Lipinski definition) is 0. The lowest BCUT2D eigenvalue weighted by molar-refractivity contribution is 0.0968. The molecule has 1 aromatic carbocycles. The molecule has 0 radical (unpaired) electrons. The summed E-state index contributed by atoms with van der Waals surface area (Å²) in [6, 6.07) is 3.48. The van der Waals surface area contributed by atoms with Crippen LogP contribution in [0.5, 0.6) is 17.2 Å². The fourth-order valence-corrected chi connectivity index (χ4v) is 2.70. The number of Topliss-reactive ketones (excluding diaryl/α,β-unsaturated/α-hetero) is 1. The number of hydrogen-bond acceptors (Lipinski definition) is 5. The van der Waals surface area contributed by atoms with Crippen LogP contribution >= 0.6 is 0 Å². The highest BCUT2D eigenvalue weighted by Crippen LogP contribution is 2.42. The third-order valence-electron chi connectivity index (χ3n) is 3.83. The van der Waals surface area contributed by atoms with Crippen molar-refractivity contribution in [1.29, 1.82) is 0 Å². The first kappa shape index (κ1) is 13.2. The molecule has 2 aliphatic rings. The molecule has 1 fully saturated rings. The molecule has 5 heteroatoms. The molecule has 0 saturated carbocycles. The third-order valence-corrected chi connectivity index (χ3v) is 3.83. The van der Waals surface area contributed by atoms with Crippen molar-refractivity contribution in [3.63, 3.8) is 0 Å². The van der Waals surface area contributed by atoms with E-state index in [9.17, 15) is 4.79 Å². The first-order chi connectivity index (χ1) is 9.78. The van der Waals surface area contributed by atoms with E-state index in [1.165, 1.54) is 12.8 Å². The molecule has 0 aliphatic carbocycles. The minimum absolute atomic E-state index is 0.119. The average molecular weight is 277 g/mol. The number of ether oxygens (including phenoxy) is 3. The summed E-state index contributed by atoms with van der Waals surface area (Å²) >= 11 is 0. The Morgan fingerprint density at radius 3 is 2.85 bits per heavy atom. The number of likely N-dealkylation sites (tertiary alicyclic amines) is 1. The quantitative estimate of drug-likeness (QED) is 0.771. The highest BCUT2D eigenvalue weighted by atomic mass is 16.7. The Kier molecular flexibility index (Phi) is 3.78. The molecular weight excluding hydrogens is 258 g/mol. The van der Waals surface area contributed by atoms with Gasteiger partial charge in [-0.05, 0) is 38.1 Å². The summed E-state index contributed by atoms with van der Waals surface area (Å²) in [7, 11) is 1.57. The number of benzene rings is 1. The Balaban J connectivity index is 1.71. The molecule has 0 atom stereocenters. The fourth-order valence-electron chi connectivity index (χ4n) is 2.70. The Morgan fingerprint density at radius 2 is 2.10 bits per heavy atom. The van der Waals surface area contributed by atoms with Crippen molar-refractivity contribution in [2.45, 2.75) is 19.3 Å². The molecule has 0 amide bonds. The van der Waals surface area contributed by atoms with E-state index in [0.29, 0.717) is 29.2 Å². The second-order valence-electron chi connectivity index (χ2n) is 5.13. The smallest absolute Gasteiger partial charge is 0.231 e. The predicted molar refractivity (Wildman–Crippen MR) is 73.7 cm³/mol. The maximum absolute atomic E-state index is 12.3. The van der Waals surface area contributed by atoms with E-state index >= 15 is 0 Å². The zero-order chi connectivity index (χ0) is 13.9. The van der Waals surface area contributed by atoms with E-state index in [1.807, 2.05) is 0 Å². The third kappa shape index (κ3) is 2.58. The molecule has 2 heterocycles. The Morgan fingerprint density at radius 1 is 1.30 bits per heavy atom. The van der Waals surface area contributed by atoms with Crippen LogP contribution in [0.1, 0.15) is 29.6 Å². The van der Waals surface area contributed by atoms with Gasteiger partial charge in [-0.3, -0.25) is 4.79 Å². The highest BCUT2D eigenvalue weighted by Gasteiger charge is 2.22. The molecule has 3 rings (SSSR count). The van der Waals surface area contributed by atoms with Crippen LogP contribution < -0.4 is 14.2 Å². The van der Waals surface area contributed by atoms with Gasteiger partial charge in [-0.1, -0.05) is 0 Å². The van der Waals surface area contributed by atoms with E-state index in [4.69, 9.17) is 14.2 Å². The lowest BCUT2D eigenvalue weighted by atomic mass is 10.1.